The van der Waals surface area contributed by atoms with Crippen LogP contribution < -0.4 is 0 Å². The maximum atomic E-state index is 6.04. The minimum atomic E-state index is 0.169. The van der Waals surface area contributed by atoms with Gasteiger partial charge in [0.2, 0.25) is 0 Å². The van der Waals surface area contributed by atoms with Crippen molar-refractivity contribution in [3.8, 4) is 0 Å². The molecule has 1 unspecified atom stereocenters. The van der Waals surface area contributed by atoms with Gasteiger partial charge in [0.25, 0.3) is 0 Å². The monoisotopic (exact) mass is 590 g/mol. The van der Waals surface area contributed by atoms with Crippen LogP contribution in [0.4, 0.5) is 0 Å². The summed E-state index contributed by atoms with van der Waals surface area (Å²) in [6.07, 6.45) is 48.3. The molecule has 0 N–H and O–H groups in total. The third-order valence-electron chi connectivity index (χ3n) is 8.44. The summed E-state index contributed by atoms with van der Waals surface area (Å²) in [5, 5.41) is 0. The van der Waals surface area contributed by atoms with Gasteiger partial charge in [-0.05, 0) is 70.6 Å². The molecule has 0 saturated heterocycles. The van der Waals surface area contributed by atoms with Crippen molar-refractivity contribution in [3.63, 3.8) is 0 Å². The summed E-state index contributed by atoms with van der Waals surface area (Å²) in [4.78, 5) is 0. The summed E-state index contributed by atoms with van der Waals surface area (Å²) in [5.41, 5.74) is 0. The van der Waals surface area contributed by atoms with Crippen molar-refractivity contribution in [2.75, 3.05) is 19.8 Å². The molecule has 1 atom stereocenters. The Labute approximate surface area is 266 Å². The average Bonchev–Trinajstić information content (AvgIpc) is 3.00. The van der Waals surface area contributed by atoms with E-state index in [2.05, 4.69) is 45.1 Å². The number of ether oxygens (including phenoxy) is 2. The fourth-order valence-electron chi connectivity index (χ4n) is 5.48. The summed E-state index contributed by atoms with van der Waals surface area (Å²) in [6, 6.07) is 0. The predicted octanol–water partition coefficient (Wildman–Crippen LogP) is 13.7. The Morgan fingerprint density at radius 1 is 0.429 bits per heavy atom. The van der Waals surface area contributed by atoms with Crippen LogP contribution in [0.25, 0.3) is 0 Å². The van der Waals surface area contributed by atoms with Gasteiger partial charge < -0.3 is 9.47 Å². The molecule has 0 spiro atoms. The lowest BCUT2D eigenvalue weighted by Gasteiger charge is -2.16. The van der Waals surface area contributed by atoms with Crippen LogP contribution in [0.1, 0.15) is 200 Å². The Morgan fingerprint density at radius 3 is 1.14 bits per heavy atom. The van der Waals surface area contributed by atoms with Crippen LogP contribution in [-0.2, 0) is 9.47 Å². The second kappa shape index (κ2) is 38.4. The summed E-state index contributed by atoms with van der Waals surface area (Å²) >= 11 is 0. The van der Waals surface area contributed by atoms with Crippen LogP contribution in [0.15, 0.2) is 24.3 Å². The van der Waals surface area contributed by atoms with Gasteiger partial charge in [-0.2, -0.15) is 0 Å². The van der Waals surface area contributed by atoms with Crippen LogP contribution in [0.5, 0.6) is 0 Å². The smallest absolute Gasteiger partial charge is 0.0808 e. The molecule has 0 aliphatic heterocycles. The van der Waals surface area contributed by atoms with E-state index in [1.165, 1.54) is 180 Å². The zero-order chi connectivity index (χ0) is 30.4. The zero-order valence-corrected chi connectivity index (χ0v) is 29.0. The van der Waals surface area contributed by atoms with Crippen LogP contribution >= 0.6 is 0 Å². The van der Waals surface area contributed by atoms with E-state index in [9.17, 15) is 0 Å². The molecule has 2 heteroatoms. The lowest BCUT2D eigenvalue weighted by molar-refractivity contribution is -0.0171. The highest BCUT2D eigenvalue weighted by atomic mass is 16.5. The molecule has 0 aliphatic carbocycles. The maximum Gasteiger partial charge on any atom is 0.0808 e. The Kier molecular flexibility index (Phi) is 37.9. The molecule has 0 aromatic rings. The lowest BCUT2D eigenvalue weighted by Crippen LogP contribution is -2.20. The average molecular weight is 590 g/mol. The van der Waals surface area contributed by atoms with E-state index in [-0.39, 0.29) is 6.10 Å². The minimum Gasteiger partial charge on any atom is -0.379 e. The molecule has 0 fully saturated rings. The van der Waals surface area contributed by atoms with Crippen molar-refractivity contribution in [3.05, 3.63) is 31.2 Å². The Morgan fingerprint density at radius 2 is 0.762 bits per heavy atom. The summed E-state index contributed by atoms with van der Waals surface area (Å²) in [6.45, 7) is 11.1. The fraction of sp³-hybridized carbons (Fsp3) is 0.875. The molecule has 1 radical (unpaired) electrons. The highest BCUT2D eigenvalue weighted by molar-refractivity contribution is 4.82. The van der Waals surface area contributed by atoms with Crippen LogP contribution in [0.2, 0.25) is 0 Å². The third-order valence-corrected chi connectivity index (χ3v) is 8.44. The second-order valence-corrected chi connectivity index (χ2v) is 12.7. The highest BCUT2D eigenvalue weighted by Crippen LogP contribution is 2.12. The van der Waals surface area contributed by atoms with Gasteiger partial charge in [0.15, 0.2) is 0 Å². The van der Waals surface area contributed by atoms with Gasteiger partial charge >= 0.3 is 0 Å². The second-order valence-electron chi connectivity index (χ2n) is 12.7. The van der Waals surface area contributed by atoms with E-state index in [0.29, 0.717) is 6.61 Å². The molecule has 0 saturated carbocycles. The first-order chi connectivity index (χ1) is 20.8. The van der Waals surface area contributed by atoms with Crippen LogP contribution in [-0.4, -0.2) is 25.9 Å². The molecule has 0 aromatic heterocycles. The quantitative estimate of drug-likeness (QED) is 0.0534. The Balaban J connectivity index is 3.32. The van der Waals surface area contributed by atoms with Gasteiger partial charge in [0, 0.05) is 13.2 Å². The van der Waals surface area contributed by atoms with Crippen LogP contribution in [0.3, 0.4) is 0 Å². The fourth-order valence-corrected chi connectivity index (χ4v) is 5.48. The molecular formula is C40H77O2. The zero-order valence-electron chi connectivity index (χ0n) is 29.0. The molecule has 0 rings (SSSR count). The van der Waals surface area contributed by atoms with Gasteiger partial charge in [-0.25, -0.2) is 0 Å². The molecule has 249 valence electrons. The summed E-state index contributed by atoms with van der Waals surface area (Å²) in [7, 11) is 0. The Bertz CT molecular complexity index is 526. The third kappa shape index (κ3) is 35.6. The van der Waals surface area contributed by atoms with E-state index in [1.54, 1.807) is 0 Å². The molecule has 0 amide bonds. The Hall–Kier alpha value is -0.600. The summed E-state index contributed by atoms with van der Waals surface area (Å²) < 4.78 is 12.0. The maximum absolute atomic E-state index is 6.04. The SMILES string of the molecule is [CH2]CC(COCCCCCCCC/C=C/CCCCCCCC)OCCCCCCCC/C=C/CCCCCCCC. The minimum absolute atomic E-state index is 0.169. The molecule has 0 aromatic carbocycles. The van der Waals surface area contributed by atoms with Gasteiger partial charge in [0.1, 0.15) is 0 Å². The number of unbranched alkanes of at least 4 members (excludes halogenated alkanes) is 24. The molecule has 0 aliphatic rings. The van der Waals surface area contributed by atoms with Crippen molar-refractivity contribution in [2.24, 2.45) is 0 Å². The van der Waals surface area contributed by atoms with Crippen LogP contribution in [0, 0.1) is 6.92 Å². The molecule has 2 nitrogen and oxygen atoms in total. The molecular weight excluding hydrogens is 512 g/mol. The van der Waals surface area contributed by atoms with Crippen molar-refractivity contribution >= 4 is 0 Å². The normalized spacial score (nSPS) is 12.7. The van der Waals surface area contributed by atoms with Crippen molar-refractivity contribution in [1.29, 1.82) is 0 Å². The van der Waals surface area contributed by atoms with Crippen molar-refractivity contribution in [2.45, 2.75) is 206 Å². The number of hydrogen-bond acceptors (Lipinski definition) is 2. The number of hydrogen-bond donors (Lipinski definition) is 0. The molecule has 42 heavy (non-hydrogen) atoms. The van der Waals surface area contributed by atoms with E-state index in [0.717, 1.165) is 19.6 Å². The first-order valence-corrected chi connectivity index (χ1v) is 19.1. The van der Waals surface area contributed by atoms with Gasteiger partial charge in [-0.15, -0.1) is 0 Å². The van der Waals surface area contributed by atoms with E-state index in [1.807, 2.05) is 0 Å². The number of allylic oxidation sites excluding steroid dienone is 4. The number of rotatable bonds is 36. The molecule has 0 heterocycles. The first-order valence-electron chi connectivity index (χ1n) is 19.1. The highest BCUT2D eigenvalue weighted by Gasteiger charge is 2.06. The molecule has 0 bridgehead atoms. The summed E-state index contributed by atoms with van der Waals surface area (Å²) in [5.74, 6) is 0. The lowest BCUT2D eigenvalue weighted by atomic mass is 10.1. The van der Waals surface area contributed by atoms with E-state index in [4.69, 9.17) is 9.47 Å². The van der Waals surface area contributed by atoms with Gasteiger partial charge in [0.05, 0.1) is 12.7 Å². The largest absolute Gasteiger partial charge is 0.379 e. The van der Waals surface area contributed by atoms with E-state index < -0.39 is 0 Å². The van der Waals surface area contributed by atoms with Gasteiger partial charge in [-0.3, -0.25) is 0 Å². The standard InChI is InChI=1S/C40H77O2/c1-4-7-9-11-13-15-17-19-21-23-25-27-29-31-33-35-37-41-39-40(6-3)42-38-36-34-32-30-28-26-24-22-20-18-16-14-12-10-8-5-2/h19-22,40H,3-18,23-39H2,1-2H3/b21-19+,22-20+. The van der Waals surface area contributed by atoms with Gasteiger partial charge in [-0.1, -0.05) is 161 Å². The first kappa shape index (κ1) is 41.4. The topological polar surface area (TPSA) is 18.5 Å². The predicted molar refractivity (Wildman–Crippen MR) is 189 cm³/mol. The van der Waals surface area contributed by atoms with Crippen molar-refractivity contribution < 1.29 is 9.47 Å². The van der Waals surface area contributed by atoms with E-state index >= 15 is 0 Å². The van der Waals surface area contributed by atoms with Crippen molar-refractivity contribution in [1.82, 2.24) is 0 Å².